The van der Waals surface area contributed by atoms with Crippen molar-refractivity contribution in [3.05, 3.63) is 53.1 Å². The van der Waals surface area contributed by atoms with Crippen molar-refractivity contribution in [3.8, 4) is 5.75 Å². The van der Waals surface area contributed by atoms with E-state index in [1.165, 1.54) is 18.5 Å². The van der Waals surface area contributed by atoms with E-state index in [0.29, 0.717) is 24.7 Å². The number of halogens is 1. The zero-order valence-electron chi connectivity index (χ0n) is 16.6. The maximum atomic E-state index is 12.4. The van der Waals surface area contributed by atoms with Crippen LogP contribution in [0.2, 0.25) is 5.02 Å². The predicted molar refractivity (Wildman–Crippen MR) is 116 cm³/mol. The molecule has 6 heteroatoms. The van der Waals surface area contributed by atoms with Gasteiger partial charge in [0.25, 0.3) is 0 Å². The zero-order valence-corrected chi connectivity index (χ0v) is 17.3. The highest BCUT2D eigenvalue weighted by molar-refractivity contribution is 6.30. The van der Waals surface area contributed by atoms with Gasteiger partial charge >= 0.3 is 0 Å². The zero-order chi connectivity index (χ0) is 19.9. The lowest BCUT2D eigenvalue weighted by molar-refractivity contribution is -0.117. The Kier molecular flexibility index (Phi) is 7.18. The van der Waals surface area contributed by atoms with Gasteiger partial charge in [-0.1, -0.05) is 11.6 Å². The molecule has 0 aliphatic carbocycles. The third-order valence-corrected chi connectivity index (χ3v) is 5.18. The molecule has 1 saturated heterocycles. The number of carbonyl (C=O) groups is 1. The van der Waals surface area contributed by atoms with E-state index in [0.717, 1.165) is 30.1 Å². The molecule has 28 heavy (non-hydrogen) atoms. The highest BCUT2D eigenvalue weighted by Crippen LogP contribution is 2.25. The Morgan fingerprint density at radius 1 is 1.18 bits per heavy atom. The first-order chi connectivity index (χ1) is 13.5. The molecule has 0 saturated carbocycles. The van der Waals surface area contributed by atoms with Gasteiger partial charge < -0.3 is 15.0 Å². The molecule has 2 aromatic carbocycles. The fraction of sp³-hybridized carbons (Fsp3) is 0.409. The molecular formula is C22H28ClN3O2. The lowest BCUT2D eigenvalue weighted by Crippen LogP contribution is -2.33. The average molecular weight is 402 g/mol. The van der Waals surface area contributed by atoms with Gasteiger partial charge in [-0.3, -0.25) is 9.69 Å². The van der Waals surface area contributed by atoms with Gasteiger partial charge in [0.2, 0.25) is 5.91 Å². The summed E-state index contributed by atoms with van der Waals surface area (Å²) in [5.41, 5.74) is 3.20. The number of rotatable bonds is 8. The van der Waals surface area contributed by atoms with Gasteiger partial charge in [0.05, 0.1) is 6.54 Å². The second-order valence-electron chi connectivity index (χ2n) is 7.28. The van der Waals surface area contributed by atoms with Crippen molar-refractivity contribution in [2.24, 2.45) is 0 Å². The van der Waals surface area contributed by atoms with Crippen LogP contribution in [0.4, 0.5) is 11.4 Å². The fourth-order valence-corrected chi connectivity index (χ4v) is 3.45. The number of amides is 1. The Morgan fingerprint density at radius 3 is 2.57 bits per heavy atom. The molecule has 1 N–H and O–H groups in total. The molecule has 0 aromatic heterocycles. The van der Waals surface area contributed by atoms with Crippen LogP contribution in [0.1, 0.15) is 18.4 Å². The van der Waals surface area contributed by atoms with Gasteiger partial charge in [0, 0.05) is 36.0 Å². The Balaban J connectivity index is 1.43. The summed E-state index contributed by atoms with van der Waals surface area (Å²) in [7, 11) is 1.91. The number of benzene rings is 2. The molecule has 0 unspecified atom stereocenters. The monoisotopic (exact) mass is 401 g/mol. The molecule has 2 aromatic rings. The van der Waals surface area contributed by atoms with Gasteiger partial charge in [-0.2, -0.15) is 0 Å². The maximum Gasteiger partial charge on any atom is 0.238 e. The van der Waals surface area contributed by atoms with E-state index in [9.17, 15) is 4.79 Å². The molecule has 1 fully saturated rings. The number of hydrogen-bond donors (Lipinski definition) is 1. The summed E-state index contributed by atoms with van der Waals surface area (Å²) < 4.78 is 5.68. The highest BCUT2D eigenvalue weighted by atomic mass is 35.5. The Hall–Kier alpha value is -2.24. The summed E-state index contributed by atoms with van der Waals surface area (Å²) >= 11 is 5.86. The largest absolute Gasteiger partial charge is 0.492 e. The third kappa shape index (κ3) is 5.88. The minimum atomic E-state index is -0.0222. The van der Waals surface area contributed by atoms with E-state index in [4.69, 9.17) is 16.3 Å². The second-order valence-corrected chi connectivity index (χ2v) is 7.72. The molecule has 1 amide bonds. The van der Waals surface area contributed by atoms with Crippen LogP contribution in [-0.2, 0) is 4.79 Å². The number of nitrogens with zero attached hydrogens (tertiary/aromatic N) is 2. The van der Waals surface area contributed by atoms with E-state index in [-0.39, 0.29) is 5.91 Å². The topological polar surface area (TPSA) is 44.8 Å². The van der Waals surface area contributed by atoms with E-state index in [1.54, 1.807) is 12.1 Å². The number of nitrogens with one attached hydrogen (secondary N) is 1. The van der Waals surface area contributed by atoms with Crippen LogP contribution < -0.4 is 15.0 Å². The van der Waals surface area contributed by atoms with Crippen LogP contribution in [-0.4, -0.2) is 50.6 Å². The maximum absolute atomic E-state index is 12.4. The van der Waals surface area contributed by atoms with Crippen molar-refractivity contribution in [2.75, 3.05) is 50.1 Å². The van der Waals surface area contributed by atoms with E-state index < -0.39 is 0 Å². The first-order valence-corrected chi connectivity index (χ1v) is 10.1. The van der Waals surface area contributed by atoms with Crippen LogP contribution in [0, 0.1) is 6.92 Å². The third-order valence-electron chi connectivity index (χ3n) is 4.92. The summed E-state index contributed by atoms with van der Waals surface area (Å²) in [4.78, 5) is 16.7. The Labute approximate surface area is 172 Å². The number of hydrogen-bond acceptors (Lipinski definition) is 4. The number of carbonyl (C=O) groups excluding carboxylic acids is 1. The van der Waals surface area contributed by atoms with Crippen molar-refractivity contribution in [1.82, 2.24) is 4.90 Å². The van der Waals surface area contributed by atoms with Gasteiger partial charge in [-0.15, -0.1) is 0 Å². The van der Waals surface area contributed by atoms with Crippen molar-refractivity contribution in [2.45, 2.75) is 19.8 Å². The summed E-state index contributed by atoms with van der Waals surface area (Å²) in [6, 6.07) is 13.5. The van der Waals surface area contributed by atoms with Gasteiger partial charge in [0.15, 0.2) is 0 Å². The van der Waals surface area contributed by atoms with Gasteiger partial charge in [0.1, 0.15) is 12.4 Å². The molecule has 1 aliphatic heterocycles. The Morgan fingerprint density at radius 2 is 1.89 bits per heavy atom. The van der Waals surface area contributed by atoms with E-state index in [2.05, 4.69) is 22.3 Å². The molecule has 1 aliphatic rings. The minimum Gasteiger partial charge on any atom is -0.492 e. The molecule has 150 valence electrons. The number of aryl methyl sites for hydroxylation is 1. The van der Waals surface area contributed by atoms with Gasteiger partial charge in [-0.05, 0) is 74.8 Å². The second kappa shape index (κ2) is 9.80. The van der Waals surface area contributed by atoms with Crippen LogP contribution in [0.3, 0.4) is 0 Å². The molecule has 5 nitrogen and oxygen atoms in total. The standard InChI is InChI=1S/C22H28ClN3O2/c1-17-15-19(26-11-3-4-12-26)7-10-21(17)24-22(27)16-25(2)13-14-28-20-8-5-18(23)6-9-20/h5-10,15H,3-4,11-14,16H2,1-2H3,(H,24,27). The quantitative estimate of drug-likeness (QED) is 0.720. The van der Waals surface area contributed by atoms with E-state index >= 15 is 0 Å². The van der Waals surface area contributed by atoms with Crippen LogP contribution in [0.15, 0.2) is 42.5 Å². The molecule has 1 heterocycles. The summed E-state index contributed by atoms with van der Waals surface area (Å²) in [6.07, 6.45) is 2.51. The van der Waals surface area contributed by atoms with Crippen LogP contribution in [0.5, 0.6) is 5.75 Å². The normalized spacial score (nSPS) is 13.8. The lowest BCUT2D eigenvalue weighted by atomic mass is 10.1. The lowest BCUT2D eigenvalue weighted by Gasteiger charge is -2.20. The first kappa shape index (κ1) is 20.5. The van der Waals surface area contributed by atoms with E-state index in [1.807, 2.05) is 37.1 Å². The van der Waals surface area contributed by atoms with Crippen LogP contribution >= 0.6 is 11.6 Å². The smallest absolute Gasteiger partial charge is 0.238 e. The van der Waals surface area contributed by atoms with Crippen molar-refractivity contribution in [3.63, 3.8) is 0 Å². The van der Waals surface area contributed by atoms with Crippen molar-refractivity contribution >= 4 is 28.9 Å². The number of ether oxygens (including phenoxy) is 1. The first-order valence-electron chi connectivity index (χ1n) is 9.73. The predicted octanol–water partition coefficient (Wildman–Crippen LogP) is 4.20. The molecule has 0 spiro atoms. The van der Waals surface area contributed by atoms with Gasteiger partial charge in [-0.25, -0.2) is 0 Å². The molecular weight excluding hydrogens is 374 g/mol. The SMILES string of the molecule is Cc1cc(N2CCCC2)ccc1NC(=O)CN(C)CCOc1ccc(Cl)cc1. The molecule has 0 bridgehead atoms. The molecule has 0 atom stereocenters. The summed E-state index contributed by atoms with van der Waals surface area (Å²) in [5.74, 6) is 0.752. The number of likely N-dealkylation sites (N-methyl/N-ethyl adjacent to an activating group) is 1. The van der Waals surface area contributed by atoms with Crippen LogP contribution in [0.25, 0.3) is 0 Å². The average Bonchev–Trinajstić information content (AvgIpc) is 3.20. The molecule has 0 radical (unpaired) electrons. The summed E-state index contributed by atoms with van der Waals surface area (Å²) in [5, 5.41) is 3.70. The molecule has 3 rings (SSSR count). The fourth-order valence-electron chi connectivity index (χ4n) is 3.32. The summed E-state index contributed by atoms with van der Waals surface area (Å²) in [6.45, 7) is 5.76. The van der Waals surface area contributed by atoms with Crippen molar-refractivity contribution < 1.29 is 9.53 Å². The highest BCUT2D eigenvalue weighted by Gasteiger charge is 2.14. The minimum absolute atomic E-state index is 0.0222. The Bertz CT molecular complexity index is 789. The van der Waals surface area contributed by atoms with Crippen molar-refractivity contribution in [1.29, 1.82) is 0 Å². The number of anilines is 2.